The molecule has 1 aromatic rings. The summed E-state index contributed by atoms with van der Waals surface area (Å²) in [6.45, 7) is 6.90. The van der Waals surface area contributed by atoms with Crippen molar-refractivity contribution in [2.75, 3.05) is 26.3 Å². The lowest BCUT2D eigenvalue weighted by atomic mass is 9.87. The highest BCUT2D eigenvalue weighted by Gasteiger charge is 2.36. The molecule has 6 heteroatoms. The first-order valence-corrected chi connectivity index (χ1v) is 6.98. The Morgan fingerprint density at radius 3 is 2.10 bits per heavy atom. The fourth-order valence-electron chi connectivity index (χ4n) is 2.62. The van der Waals surface area contributed by atoms with Crippen molar-refractivity contribution in [2.45, 2.75) is 31.6 Å². The quantitative estimate of drug-likeness (QED) is 0.933. The van der Waals surface area contributed by atoms with E-state index in [1.165, 1.54) is 12.1 Å². The molecule has 1 unspecified atom stereocenters. The zero-order valence-corrected chi connectivity index (χ0v) is 12.3. The first-order chi connectivity index (χ1) is 9.73. The Hall–Kier alpha value is -1.11. The maximum atomic E-state index is 12.6. The Labute approximate surface area is 122 Å². The molecule has 0 saturated carbocycles. The zero-order chi connectivity index (χ0) is 15.7. The van der Waals surface area contributed by atoms with Gasteiger partial charge in [0.25, 0.3) is 0 Å². The molecule has 21 heavy (non-hydrogen) atoms. The molecule has 1 aliphatic heterocycles. The smallest absolute Gasteiger partial charge is 0.379 e. The van der Waals surface area contributed by atoms with Crippen molar-refractivity contribution in [1.82, 2.24) is 4.90 Å². The minimum Gasteiger partial charge on any atom is -0.379 e. The number of nitrogens with zero attached hydrogens (tertiary/aromatic N) is 1. The fraction of sp³-hybridized carbons (Fsp3) is 0.600. The maximum absolute atomic E-state index is 12.6. The fourth-order valence-corrected chi connectivity index (χ4v) is 2.62. The van der Waals surface area contributed by atoms with Crippen LogP contribution in [0.3, 0.4) is 0 Å². The topological polar surface area (TPSA) is 38.5 Å². The first kappa shape index (κ1) is 16.3. The van der Waals surface area contributed by atoms with Crippen LogP contribution >= 0.6 is 0 Å². The van der Waals surface area contributed by atoms with E-state index in [2.05, 4.69) is 4.90 Å². The van der Waals surface area contributed by atoms with Gasteiger partial charge in [-0.05, 0) is 31.5 Å². The van der Waals surface area contributed by atoms with Crippen LogP contribution in [0.4, 0.5) is 13.2 Å². The molecule has 0 bridgehead atoms. The summed E-state index contributed by atoms with van der Waals surface area (Å²) in [5.74, 6) is 0. The summed E-state index contributed by atoms with van der Waals surface area (Å²) in [6.07, 6.45) is -4.32. The van der Waals surface area contributed by atoms with Crippen LogP contribution in [0, 0.1) is 0 Å². The number of alkyl halides is 3. The highest BCUT2D eigenvalue weighted by molar-refractivity contribution is 5.28. The monoisotopic (exact) mass is 302 g/mol. The van der Waals surface area contributed by atoms with Crippen LogP contribution in [0.2, 0.25) is 0 Å². The van der Waals surface area contributed by atoms with Crippen molar-refractivity contribution in [3.63, 3.8) is 0 Å². The average molecular weight is 302 g/mol. The molecule has 0 aliphatic carbocycles. The van der Waals surface area contributed by atoms with Crippen molar-refractivity contribution in [2.24, 2.45) is 5.73 Å². The summed E-state index contributed by atoms with van der Waals surface area (Å²) in [5.41, 5.74) is 6.01. The molecule has 1 fully saturated rings. The predicted molar refractivity (Wildman–Crippen MR) is 74.8 cm³/mol. The van der Waals surface area contributed by atoms with Crippen LogP contribution in [0.25, 0.3) is 0 Å². The molecule has 2 rings (SSSR count). The molecule has 1 saturated heterocycles. The number of nitrogens with two attached hydrogens (primary N) is 1. The first-order valence-electron chi connectivity index (χ1n) is 6.98. The molecule has 0 spiro atoms. The number of halogens is 3. The van der Waals surface area contributed by atoms with E-state index in [1.54, 1.807) is 0 Å². The third-order valence-electron chi connectivity index (χ3n) is 4.18. The van der Waals surface area contributed by atoms with Gasteiger partial charge in [-0.3, -0.25) is 4.90 Å². The van der Waals surface area contributed by atoms with Gasteiger partial charge in [0, 0.05) is 24.7 Å². The van der Waals surface area contributed by atoms with E-state index in [-0.39, 0.29) is 11.6 Å². The van der Waals surface area contributed by atoms with Gasteiger partial charge in [-0.15, -0.1) is 0 Å². The van der Waals surface area contributed by atoms with E-state index in [1.807, 2.05) is 13.8 Å². The Kier molecular flexibility index (Phi) is 4.60. The molecule has 1 aromatic carbocycles. The van der Waals surface area contributed by atoms with E-state index in [4.69, 9.17) is 10.5 Å². The van der Waals surface area contributed by atoms with Crippen LogP contribution < -0.4 is 5.73 Å². The maximum Gasteiger partial charge on any atom is 0.416 e. The normalized spacial score (nSPS) is 19.5. The van der Waals surface area contributed by atoms with Gasteiger partial charge in [0.2, 0.25) is 0 Å². The number of morpholine rings is 1. The minimum atomic E-state index is -4.32. The van der Waals surface area contributed by atoms with E-state index < -0.39 is 11.7 Å². The number of rotatable bonds is 3. The molecule has 0 radical (unpaired) electrons. The molecule has 118 valence electrons. The van der Waals surface area contributed by atoms with E-state index >= 15 is 0 Å². The summed E-state index contributed by atoms with van der Waals surface area (Å²) in [5, 5.41) is 0. The molecule has 1 heterocycles. The Morgan fingerprint density at radius 1 is 1.10 bits per heavy atom. The molecule has 3 nitrogen and oxygen atoms in total. The number of ether oxygens (including phenoxy) is 1. The highest BCUT2D eigenvalue weighted by atomic mass is 19.4. The lowest BCUT2D eigenvalue weighted by molar-refractivity contribution is -0.137. The Morgan fingerprint density at radius 2 is 1.62 bits per heavy atom. The predicted octanol–water partition coefficient (Wildman–Crippen LogP) is 2.82. The SMILES string of the molecule is CC(C)(C(N)c1ccc(C(F)(F)F)cc1)N1CCOCC1. The van der Waals surface area contributed by atoms with Crippen molar-refractivity contribution in [3.8, 4) is 0 Å². The summed E-state index contributed by atoms with van der Waals surface area (Å²) in [6, 6.07) is 4.75. The van der Waals surface area contributed by atoms with Crippen LogP contribution in [0.1, 0.15) is 31.0 Å². The van der Waals surface area contributed by atoms with Crippen LogP contribution in [-0.4, -0.2) is 36.7 Å². The zero-order valence-electron chi connectivity index (χ0n) is 12.3. The van der Waals surface area contributed by atoms with Gasteiger partial charge in [-0.25, -0.2) is 0 Å². The number of hydrogen-bond donors (Lipinski definition) is 1. The van der Waals surface area contributed by atoms with Crippen LogP contribution in [0.5, 0.6) is 0 Å². The standard InChI is InChI=1S/C15H21F3N2O/c1-14(2,20-7-9-21-10-8-20)13(19)11-3-5-12(6-4-11)15(16,17)18/h3-6,13H,7-10,19H2,1-2H3. The largest absolute Gasteiger partial charge is 0.416 e. The molecule has 0 aromatic heterocycles. The summed E-state index contributed by atoms with van der Waals surface area (Å²) in [4.78, 5) is 2.22. The molecule has 2 N–H and O–H groups in total. The van der Waals surface area contributed by atoms with Crippen molar-refractivity contribution >= 4 is 0 Å². The van der Waals surface area contributed by atoms with Gasteiger partial charge in [0.15, 0.2) is 0 Å². The molecule has 0 amide bonds. The summed E-state index contributed by atoms with van der Waals surface area (Å²) in [7, 11) is 0. The summed E-state index contributed by atoms with van der Waals surface area (Å²) < 4.78 is 43.1. The lowest BCUT2D eigenvalue weighted by Gasteiger charge is -2.44. The number of hydrogen-bond acceptors (Lipinski definition) is 3. The molecule has 1 atom stereocenters. The molecule has 1 aliphatic rings. The third-order valence-corrected chi connectivity index (χ3v) is 4.18. The second-order valence-corrected chi connectivity index (χ2v) is 5.85. The van der Waals surface area contributed by atoms with Gasteiger partial charge in [0.05, 0.1) is 18.8 Å². The van der Waals surface area contributed by atoms with Gasteiger partial charge >= 0.3 is 6.18 Å². The van der Waals surface area contributed by atoms with Crippen molar-refractivity contribution in [3.05, 3.63) is 35.4 Å². The third kappa shape index (κ3) is 3.56. The average Bonchev–Trinajstić information content (AvgIpc) is 2.46. The van der Waals surface area contributed by atoms with E-state index in [9.17, 15) is 13.2 Å². The minimum absolute atomic E-state index is 0.344. The highest BCUT2D eigenvalue weighted by Crippen LogP contribution is 2.33. The Balaban J connectivity index is 2.16. The van der Waals surface area contributed by atoms with Crippen LogP contribution in [-0.2, 0) is 10.9 Å². The second-order valence-electron chi connectivity index (χ2n) is 5.85. The van der Waals surface area contributed by atoms with Gasteiger partial charge in [0.1, 0.15) is 0 Å². The van der Waals surface area contributed by atoms with Crippen LogP contribution in [0.15, 0.2) is 24.3 Å². The molecular weight excluding hydrogens is 281 g/mol. The van der Waals surface area contributed by atoms with E-state index in [0.717, 1.165) is 25.2 Å². The Bertz CT molecular complexity index is 465. The second kappa shape index (κ2) is 5.94. The van der Waals surface area contributed by atoms with Gasteiger partial charge in [-0.2, -0.15) is 13.2 Å². The molecular formula is C15H21F3N2O. The van der Waals surface area contributed by atoms with Gasteiger partial charge in [-0.1, -0.05) is 12.1 Å². The van der Waals surface area contributed by atoms with Gasteiger partial charge < -0.3 is 10.5 Å². The van der Waals surface area contributed by atoms with Crippen molar-refractivity contribution in [1.29, 1.82) is 0 Å². The van der Waals surface area contributed by atoms with Crippen molar-refractivity contribution < 1.29 is 17.9 Å². The lowest BCUT2D eigenvalue weighted by Crippen LogP contribution is -2.55. The number of benzene rings is 1. The van der Waals surface area contributed by atoms with E-state index in [0.29, 0.717) is 18.8 Å². The summed E-state index contributed by atoms with van der Waals surface area (Å²) >= 11 is 0.